The van der Waals surface area contributed by atoms with Gasteiger partial charge in [-0.25, -0.2) is 0 Å². The molecular weight excluding hydrogens is 406 g/mol. The molecule has 1 fully saturated rings. The third-order valence-electron chi connectivity index (χ3n) is 4.87. The zero-order valence-electron chi connectivity index (χ0n) is 16.6. The molecule has 0 aliphatic carbocycles. The van der Waals surface area contributed by atoms with E-state index in [4.69, 9.17) is 16.3 Å². The minimum absolute atomic E-state index is 0.0682. The summed E-state index contributed by atoms with van der Waals surface area (Å²) in [5.41, 5.74) is 3.03. The summed E-state index contributed by atoms with van der Waals surface area (Å²) in [5, 5.41) is 9.77. The van der Waals surface area contributed by atoms with Crippen molar-refractivity contribution in [2.75, 3.05) is 6.61 Å². The van der Waals surface area contributed by atoms with Crippen molar-refractivity contribution in [2.45, 2.75) is 43.0 Å². The van der Waals surface area contributed by atoms with Gasteiger partial charge in [0.15, 0.2) is 11.0 Å². The second kappa shape index (κ2) is 7.84. The van der Waals surface area contributed by atoms with Gasteiger partial charge in [-0.3, -0.25) is 9.36 Å². The molecule has 1 aliphatic heterocycles. The quantitative estimate of drug-likeness (QED) is 0.529. The van der Waals surface area contributed by atoms with Crippen LogP contribution >= 0.6 is 23.4 Å². The van der Waals surface area contributed by atoms with Crippen LogP contribution in [0.25, 0.3) is 17.1 Å². The van der Waals surface area contributed by atoms with E-state index in [-0.39, 0.29) is 16.6 Å². The first-order chi connectivity index (χ1) is 13.8. The number of hydrogen-bond donors (Lipinski definition) is 0. The molecule has 0 N–H and O–H groups in total. The number of ether oxygens (including phenoxy) is 1. The number of esters is 1. The van der Waals surface area contributed by atoms with Crippen molar-refractivity contribution >= 4 is 29.3 Å². The van der Waals surface area contributed by atoms with Gasteiger partial charge in [-0.15, -0.1) is 10.2 Å². The van der Waals surface area contributed by atoms with Gasteiger partial charge in [0.05, 0.1) is 17.3 Å². The maximum absolute atomic E-state index is 12.0. The molecule has 1 atom stereocenters. The molecular formula is C22H22ClN3O2S. The molecule has 1 saturated heterocycles. The van der Waals surface area contributed by atoms with Crippen molar-refractivity contribution in [3.63, 3.8) is 0 Å². The Labute approximate surface area is 179 Å². The van der Waals surface area contributed by atoms with Crippen LogP contribution in [-0.4, -0.2) is 32.6 Å². The van der Waals surface area contributed by atoms with Crippen molar-refractivity contribution in [1.82, 2.24) is 14.8 Å². The minimum Gasteiger partial charge on any atom is -0.465 e. The summed E-state index contributed by atoms with van der Waals surface area (Å²) in [6.07, 6.45) is 0.661. The molecule has 3 aromatic rings. The lowest BCUT2D eigenvalue weighted by molar-refractivity contribution is -0.137. The number of cyclic esters (lactones) is 1. The van der Waals surface area contributed by atoms with Crippen molar-refractivity contribution in [3.8, 4) is 17.1 Å². The predicted octanol–water partition coefficient (Wildman–Crippen LogP) is 5.29. The lowest BCUT2D eigenvalue weighted by atomic mass is 9.87. The maximum Gasteiger partial charge on any atom is 0.319 e. The number of halogens is 1. The van der Waals surface area contributed by atoms with E-state index in [0.717, 1.165) is 11.3 Å². The standard InChI is InChI=1S/C22H22ClN3O2S/c1-22(2,3)15-10-8-14(9-11-15)19-24-25-21(29-18-12-13-28-20(18)27)26(19)17-7-5-4-6-16(17)23/h4-11,18H,12-13H2,1-3H3. The third kappa shape index (κ3) is 4.05. The van der Waals surface area contributed by atoms with Gasteiger partial charge in [0.25, 0.3) is 0 Å². The number of nitrogens with zero attached hydrogens (tertiary/aromatic N) is 3. The van der Waals surface area contributed by atoms with E-state index in [1.165, 1.54) is 17.3 Å². The number of para-hydroxylation sites is 1. The molecule has 0 radical (unpaired) electrons. The second-order valence-corrected chi connectivity index (χ2v) is 9.56. The largest absolute Gasteiger partial charge is 0.465 e. The van der Waals surface area contributed by atoms with E-state index in [9.17, 15) is 4.79 Å². The van der Waals surface area contributed by atoms with Crippen LogP contribution in [-0.2, 0) is 14.9 Å². The molecule has 2 heterocycles. The average Bonchev–Trinajstić information content (AvgIpc) is 3.28. The molecule has 0 spiro atoms. The first-order valence-corrected chi connectivity index (χ1v) is 10.7. The Kier molecular flexibility index (Phi) is 5.40. The van der Waals surface area contributed by atoms with Crippen molar-refractivity contribution in [2.24, 2.45) is 0 Å². The summed E-state index contributed by atoms with van der Waals surface area (Å²) in [4.78, 5) is 12.0. The average molecular weight is 428 g/mol. The summed E-state index contributed by atoms with van der Waals surface area (Å²) in [6, 6.07) is 15.9. The second-order valence-electron chi connectivity index (χ2n) is 7.98. The SMILES string of the molecule is CC(C)(C)c1ccc(-c2nnc(SC3CCOC3=O)n2-c2ccccc2Cl)cc1. The summed E-state index contributed by atoms with van der Waals surface area (Å²) in [5.74, 6) is 0.479. The van der Waals surface area contributed by atoms with Gasteiger partial charge in [0.2, 0.25) is 0 Å². The number of carbonyl (C=O) groups excluding carboxylic acids is 1. The van der Waals surface area contributed by atoms with Crippen LogP contribution in [0.15, 0.2) is 53.7 Å². The fraction of sp³-hybridized carbons (Fsp3) is 0.318. The number of rotatable bonds is 4. The molecule has 2 aromatic carbocycles. The third-order valence-corrected chi connectivity index (χ3v) is 6.38. The zero-order chi connectivity index (χ0) is 20.6. The highest BCUT2D eigenvalue weighted by Crippen LogP contribution is 2.35. The van der Waals surface area contributed by atoms with Crippen LogP contribution < -0.4 is 0 Å². The Morgan fingerprint density at radius 3 is 2.45 bits per heavy atom. The van der Waals surface area contributed by atoms with Crippen LogP contribution in [0.2, 0.25) is 5.02 Å². The smallest absolute Gasteiger partial charge is 0.319 e. The summed E-state index contributed by atoms with van der Waals surface area (Å²) in [6.45, 7) is 6.99. The Bertz CT molecular complexity index is 1040. The van der Waals surface area contributed by atoms with Gasteiger partial charge in [0.1, 0.15) is 5.25 Å². The maximum atomic E-state index is 12.0. The van der Waals surface area contributed by atoms with Crippen LogP contribution in [0.1, 0.15) is 32.8 Å². The van der Waals surface area contributed by atoms with Gasteiger partial charge in [-0.1, -0.05) is 80.5 Å². The van der Waals surface area contributed by atoms with Crippen LogP contribution in [0, 0.1) is 0 Å². The summed E-state index contributed by atoms with van der Waals surface area (Å²) >= 11 is 7.87. The lowest BCUT2D eigenvalue weighted by Gasteiger charge is -2.19. The molecule has 0 bridgehead atoms. The van der Waals surface area contributed by atoms with E-state index in [1.807, 2.05) is 28.8 Å². The van der Waals surface area contributed by atoms with Crippen molar-refractivity contribution in [1.29, 1.82) is 0 Å². The molecule has 0 saturated carbocycles. The molecule has 4 rings (SSSR count). The monoisotopic (exact) mass is 427 g/mol. The highest BCUT2D eigenvalue weighted by molar-refractivity contribution is 8.00. The molecule has 29 heavy (non-hydrogen) atoms. The van der Waals surface area contributed by atoms with Crippen LogP contribution in [0.3, 0.4) is 0 Å². The minimum atomic E-state index is -0.281. The van der Waals surface area contributed by atoms with Crippen LogP contribution in [0.4, 0.5) is 0 Å². The van der Waals surface area contributed by atoms with Crippen LogP contribution in [0.5, 0.6) is 0 Å². The predicted molar refractivity (Wildman–Crippen MR) is 116 cm³/mol. The summed E-state index contributed by atoms with van der Waals surface area (Å²) in [7, 11) is 0. The van der Waals surface area contributed by atoms with Crippen molar-refractivity contribution in [3.05, 3.63) is 59.1 Å². The first-order valence-electron chi connectivity index (χ1n) is 9.49. The lowest BCUT2D eigenvalue weighted by Crippen LogP contribution is -2.11. The fourth-order valence-corrected chi connectivity index (χ4v) is 4.45. The van der Waals surface area contributed by atoms with Crippen molar-refractivity contribution < 1.29 is 9.53 Å². The summed E-state index contributed by atoms with van der Waals surface area (Å²) < 4.78 is 7.02. The Morgan fingerprint density at radius 2 is 1.83 bits per heavy atom. The number of benzene rings is 2. The van der Waals surface area contributed by atoms with Gasteiger partial charge in [-0.05, 0) is 23.1 Å². The highest BCUT2D eigenvalue weighted by atomic mass is 35.5. The number of hydrogen-bond acceptors (Lipinski definition) is 5. The van der Waals surface area contributed by atoms with E-state index in [0.29, 0.717) is 29.0 Å². The Balaban J connectivity index is 1.80. The molecule has 150 valence electrons. The van der Waals surface area contributed by atoms with E-state index < -0.39 is 0 Å². The molecule has 5 nitrogen and oxygen atoms in total. The van der Waals surface area contributed by atoms with Gasteiger partial charge < -0.3 is 4.74 Å². The highest BCUT2D eigenvalue weighted by Gasteiger charge is 2.30. The first kappa shape index (κ1) is 20.0. The Morgan fingerprint density at radius 1 is 1.10 bits per heavy atom. The molecule has 7 heteroatoms. The molecule has 1 aliphatic rings. The van der Waals surface area contributed by atoms with Gasteiger partial charge in [0, 0.05) is 12.0 Å². The normalized spacial score (nSPS) is 16.8. The number of carbonyl (C=O) groups is 1. The molecule has 1 aromatic heterocycles. The van der Waals surface area contributed by atoms with E-state index in [1.54, 1.807) is 0 Å². The topological polar surface area (TPSA) is 57.0 Å². The number of thioether (sulfide) groups is 1. The molecule has 0 amide bonds. The zero-order valence-corrected chi connectivity index (χ0v) is 18.1. The fourth-order valence-electron chi connectivity index (χ4n) is 3.21. The molecule has 1 unspecified atom stereocenters. The number of aromatic nitrogens is 3. The van der Waals surface area contributed by atoms with E-state index >= 15 is 0 Å². The Hall–Kier alpha value is -2.31. The van der Waals surface area contributed by atoms with E-state index in [2.05, 4.69) is 55.2 Å². The van der Waals surface area contributed by atoms with Gasteiger partial charge >= 0.3 is 5.97 Å². The van der Waals surface area contributed by atoms with Gasteiger partial charge in [-0.2, -0.15) is 0 Å².